The Kier molecular flexibility index (Phi) is 4.67. The number of aromatic nitrogens is 4. The van der Waals surface area contributed by atoms with Gasteiger partial charge in [-0.1, -0.05) is 17.7 Å². The van der Waals surface area contributed by atoms with Crippen LogP contribution in [0, 0.1) is 6.92 Å². The van der Waals surface area contributed by atoms with Crippen molar-refractivity contribution in [2.24, 2.45) is 0 Å². The van der Waals surface area contributed by atoms with Crippen molar-refractivity contribution in [1.29, 1.82) is 0 Å². The van der Waals surface area contributed by atoms with Gasteiger partial charge in [0.25, 0.3) is 5.91 Å². The zero-order chi connectivity index (χ0) is 19.7. The van der Waals surface area contributed by atoms with Gasteiger partial charge in [-0.2, -0.15) is 0 Å². The molecule has 0 spiro atoms. The van der Waals surface area contributed by atoms with Gasteiger partial charge >= 0.3 is 0 Å². The van der Waals surface area contributed by atoms with Crippen molar-refractivity contribution in [1.82, 2.24) is 19.6 Å². The third kappa shape index (κ3) is 3.27. The van der Waals surface area contributed by atoms with Crippen LogP contribution < -0.4 is 10.1 Å². The maximum atomic E-state index is 13.0. The number of anilines is 1. The van der Waals surface area contributed by atoms with E-state index in [9.17, 15) is 4.79 Å². The van der Waals surface area contributed by atoms with Gasteiger partial charge in [0, 0.05) is 16.3 Å². The van der Waals surface area contributed by atoms with Crippen LogP contribution in [-0.2, 0) is 0 Å². The highest BCUT2D eigenvalue weighted by atomic mass is 35.5. The van der Waals surface area contributed by atoms with Crippen molar-refractivity contribution < 1.29 is 9.53 Å². The maximum absolute atomic E-state index is 13.0. The molecule has 0 bridgehead atoms. The van der Waals surface area contributed by atoms with Crippen LogP contribution in [0.2, 0.25) is 5.02 Å². The minimum absolute atomic E-state index is 0.313. The number of methoxy groups -OCH3 is 1. The van der Waals surface area contributed by atoms with Crippen LogP contribution in [0.1, 0.15) is 16.1 Å². The molecule has 8 heteroatoms. The minimum Gasteiger partial charge on any atom is -0.497 e. The largest absolute Gasteiger partial charge is 0.497 e. The van der Waals surface area contributed by atoms with E-state index in [0.29, 0.717) is 27.9 Å². The van der Waals surface area contributed by atoms with E-state index >= 15 is 0 Å². The first-order valence-electron chi connectivity index (χ1n) is 8.48. The summed E-state index contributed by atoms with van der Waals surface area (Å²) >= 11 is 6.05. The molecular weight excluding hydrogens is 378 g/mol. The van der Waals surface area contributed by atoms with E-state index in [1.165, 1.54) is 6.20 Å². The van der Waals surface area contributed by atoms with Crippen LogP contribution in [0.3, 0.4) is 0 Å². The standard InChI is InChI=1S/C20H16ClN5O2/c1-12-3-6-14(21)9-16(12)23-20(27)17-10-22-11-18-24-25-19(26(17)18)13-4-7-15(28-2)8-5-13/h3-11H,1-2H3,(H,23,27). The summed E-state index contributed by atoms with van der Waals surface area (Å²) in [7, 11) is 1.60. The summed E-state index contributed by atoms with van der Waals surface area (Å²) in [5.74, 6) is 0.930. The van der Waals surface area contributed by atoms with Crippen LogP contribution in [0.5, 0.6) is 5.75 Å². The SMILES string of the molecule is COc1ccc(-c2nnc3cncc(C(=O)Nc4cc(Cl)ccc4C)n23)cc1. The number of aryl methyl sites for hydroxylation is 1. The fourth-order valence-corrected chi connectivity index (χ4v) is 3.02. The molecule has 0 saturated carbocycles. The Labute approximate surface area is 166 Å². The van der Waals surface area contributed by atoms with Crippen molar-refractivity contribution in [3.8, 4) is 17.1 Å². The van der Waals surface area contributed by atoms with Gasteiger partial charge in [-0.15, -0.1) is 10.2 Å². The normalized spacial score (nSPS) is 10.8. The Balaban J connectivity index is 1.77. The van der Waals surface area contributed by atoms with Crippen LogP contribution >= 0.6 is 11.6 Å². The number of halogens is 1. The minimum atomic E-state index is -0.335. The summed E-state index contributed by atoms with van der Waals surface area (Å²) in [4.78, 5) is 17.1. The molecule has 140 valence electrons. The molecule has 1 N–H and O–H groups in total. The second-order valence-electron chi connectivity index (χ2n) is 6.15. The zero-order valence-electron chi connectivity index (χ0n) is 15.2. The van der Waals surface area contributed by atoms with Gasteiger partial charge in [-0.25, -0.2) is 0 Å². The highest BCUT2D eigenvalue weighted by Gasteiger charge is 2.18. The summed E-state index contributed by atoms with van der Waals surface area (Å²) < 4.78 is 6.87. The van der Waals surface area contributed by atoms with E-state index in [4.69, 9.17) is 16.3 Å². The third-order valence-electron chi connectivity index (χ3n) is 4.34. The van der Waals surface area contributed by atoms with E-state index in [1.807, 2.05) is 37.3 Å². The predicted molar refractivity (Wildman–Crippen MR) is 107 cm³/mol. The Hall–Kier alpha value is -3.45. The highest BCUT2D eigenvalue weighted by molar-refractivity contribution is 6.31. The number of fused-ring (bicyclic) bond motifs is 1. The van der Waals surface area contributed by atoms with E-state index in [-0.39, 0.29) is 5.91 Å². The van der Waals surface area contributed by atoms with Gasteiger partial charge in [0.2, 0.25) is 0 Å². The Morgan fingerprint density at radius 1 is 1.11 bits per heavy atom. The van der Waals surface area contributed by atoms with E-state index < -0.39 is 0 Å². The van der Waals surface area contributed by atoms with Gasteiger partial charge in [0.1, 0.15) is 11.4 Å². The molecule has 0 fully saturated rings. The molecular formula is C20H16ClN5O2. The van der Waals surface area contributed by atoms with Crippen molar-refractivity contribution in [3.05, 3.63) is 71.1 Å². The first kappa shape index (κ1) is 17.9. The molecule has 1 amide bonds. The number of nitrogens with one attached hydrogen (secondary N) is 1. The molecule has 0 aliphatic carbocycles. The lowest BCUT2D eigenvalue weighted by molar-refractivity contribution is 0.102. The maximum Gasteiger partial charge on any atom is 0.274 e. The van der Waals surface area contributed by atoms with Gasteiger partial charge in [-0.05, 0) is 48.9 Å². The fraction of sp³-hybridized carbons (Fsp3) is 0.100. The molecule has 7 nitrogen and oxygen atoms in total. The van der Waals surface area contributed by atoms with E-state index in [2.05, 4.69) is 20.5 Å². The molecule has 4 rings (SSSR count). The second kappa shape index (κ2) is 7.28. The quantitative estimate of drug-likeness (QED) is 0.566. The lowest BCUT2D eigenvalue weighted by atomic mass is 10.2. The molecule has 2 aromatic heterocycles. The van der Waals surface area contributed by atoms with Crippen molar-refractivity contribution in [2.75, 3.05) is 12.4 Å². The highest BCUT2D eigenvalue weighted by Crippen LogP contribution is 2.24. The number of nitrogens with zero attached hydrogens (tertiary/aromatic N) is 4. The van der Waals surface area contributed by atoms with Gasteiger partial charge in [0.15, 0.2) is 11.5 Å². The number of benzene rings is 2. The molecule has 0 saturated heterocycles. The first-order chi connectivity index (χ1) is 13.6. The van der Waals surface area contributed by atoms with Crippen LogP contribution in [0.25, 0.3) is 17.0 Å². The predicted octanol–water partition coefficient (Wildman–Crippen LogP) is 4.01. The Morgan fingerprint density at radius 3 is 2.64 bits per heavy atom. The summed E-state index contributed by atoms with van der Waals surface area (Å²) in [6, 6.07) is 12.7. The van der Waals surface area contributed by atoms with Gasteiger partial charge in [-0.3, -0.25) is 14.2 Å². The molecule has 0 radical (unpaired) electrons. The molecule has 0 aliphatic rings. The number of hydrogen-bond acceptors (Lipinski definition) is 5. The molecule has 28 heavy (non-hydrogen) atoms. The number of hydrogen-bond donors (Lipinski definition) is 1. The summed E-state index contributed by atoms with van der Waals surface area (Å²) in [5.41, 5.74) is 3.12. The molecule has 0 unspecified atom stereocenters. The van der Waals surface area contributed by atoms with Crippen LogP contribution in [0.4, 0.5) is 5.69 Å². The average molecular weight is 394 g/mol. The second-order valence-corrected chi connectivity index (χ2v) is 6.59. The van der Waals surface area contributed by atoms with Crippen molar-refractivity contribution >= 4 is 28.8 Å². The molecule has 2 heterocycles. The summed E-state index contributed by atoms with van der Waals surface area (Å²) in [6.07, 6.45) is 3.04. The lowest BCUT2D eigenvalue weighted by Gasteiger charge is -2.11. The fourth-order valence-electron chi connectivity index (χ4n) is 2.85. The third-order valence-corrected chi connectivity index (χ3v) is 4.58. The zero-order valence-corrected chi connectivity index (χ0v) is 15.9. The number of carbonyl (C=O) groups excluding carboxylic acids is 1. The molecule has 2 aromatic carbocycles. The van der Waals surface area contributed by atoms with Crippen molar-refractivity contribution in [3.63, 3.8) is 0 Å². The van der Waals surface area contributed by atoms with Crippen LogP contribution in [0.15, 0.2) is 54.9 Å². The number of carbonyl (C=O) groups is 1. The van der Waals surface area contributed by atoms with Gasteiger partial charge in [0.05, 0.1) is 19.5 Å². The number of amides is 1. The van der Waals surface area contributed by atoms with E-state index in [1.54, 1.807) is 29.8 Å². The summed E-state index contributed by atoms with van der Waals surface area (Å²) in [6.45, 7) is 1.90. The Morgan fingerprint density at radius 2 is 1.89 bits per heavy atom. The topological polar surface area (TPSA) is 81.4 Å². The monoisotopic (exact) mass is 393 g/mol. The Bertz CT molecular complexity index is 1170. The lowest BCUT2D eigenvalue weighted by Crippen LogP contribution is -2.17. The van der Waals surface area contributed by atoms with Crippen molar-refractivity contribution in [2.45, 2.75) is 6.92 Å². The molecule has 0 aliphatic heterocycles. The van der Waals surface area contributed by atoms with Crippen LogP contribution in [-0.4, -0.2) is 32.6 Å². The number of ether oxygens (including phenoxy) is 1. The smallest absolute Gasteiger partial charge is 0.274 e. The van der Waals surface area contributed by atoms with E-state index in [0.717, 1.165) is 16.9 Å². The number of rotatable bonds is 4. The molecule has 4 aromatic rings. The molecule has 0 atom stereocenters. The average Bonchev–Trinajstić information content (AvgIpc) is 3.15. The van der Waals surface area contributed by atoms with Gasteiger partial charge < -0.3 is 10.1 Å². The summed E-state index contributed by atoms with van der Waals surface area (Å²) in [5, 5.41) is 11.8. The first-order valence-corrected chi connectivity index (χ1v) is 8.85.